The van der Waals surface area contributed by atoms with Crippen LogP contribution < -0.4 is 24.2 Å². The number of carbonyl (C=O) groups excluding carboxylic acids is 1. The molecule has 0 spiro atoms. The van der Waals surface area contributed by atoms with Gasteiger partial charge in [-0.25, -0.2) is 8.42 Å². The predicted molar refractivity (Wildman–Crippen MR) is 122 cm³/mol. The van der Waals surface area contributed by atoms with Crippen molar-refractivity contribution in [3.8, 4) is 17.6 Å². The summed E-state index contributed by atoms with van der Waals surface area (Å²) in [5.74, 6) is 0.330. The summed E-state index contributed by atoms with van der Waals surface area (Å²) >= 11 is 0. The number of hydrogen-bond acceptors (Lipinski definition) is 8. The van der Waals surface area contributed by atoms with E-state index in [2.05, 4.69) is 20.0 Å². The molecule has 1 aromatic heterocycles. The molecule has 0 aliphatic carbocycles. The number of sulfonamides is 1. The maximum Gasteiger partial charge on any atom is 0.321 e. The van der Waals surface area contributed by atoms with Gasteiger partial charge in [-0.1, -0.05) is 17.7 Å². The number of methoxy groups -OCH3 is 2. The summed E-state index contributed by atoms with van der Waals surface area (Å²) in [6.45, 7) is 3.59. The van der Waals surface area contributed by atoms with Crippen molar-refractivity contribution in [1.82, 2.24) is 9.97 Å². The van der Waals surface area contributed by atoms with Crippen LogP contribution in [0.25, 0.3) is 0 Å². The molecule has 0 aliphatic heterocycles. The maximum absolute atomic E-state index is 12.7. The Hall–Kier alpha value is -3.86. The Morgan fingerprint density at radius 1 is 0.970 bits per heavy atom. The second kappa shape index (κ2) is 10.2. The van der Waals surface area contributed by atoms with E-state index < -0.39 is 16.1 Å². The van der Waals surface area contributed by atoms with E-state index in [0.29, 0.717) is 11.4 Å². The van der Waals surface area contributed by atoms with Crippen molar-refractivity contribution in [3.05, 3.63) is 60.2 Å². The molecule has 33 heavy (non-hydrogen) atoms. The summed E-state index contributed by atoms with van der Waals surface area (Å²) in [6.07, 6.45) is -0.750. The number of anilines is 2. The normalized spacial score (nSPS) is 11.9. The fraction of sp³-hybridized carbons (Fsp3) is 0.227. The van der Waals surface area contributed by atoms with Crippen molar-refractivity contribution in [2.45, 2.75) is 24.8 Å². The van der Waals surface area contributed by atoms with Gasteiger partial charge in [0.25, 0.3) is 15.9 Å². The Bertz CT molecular complexity index is 1190. The minimum atomic E-state index is -3.96. The smallest absolute Gasteiger partial charge is 0.321 e. The summed E-state index contributed by atoms with van der Waals surface area (Å²) in [5.41, 5.74) is 1.51. The number of benzene rings is 2. The second-order valence-corrected chi connectivity index (χ2v) is 8.66. The zero-order valence-corrected chi connectivity index (χ0v) is 19.3. The van der Waals surface area contributed by atoms with Gasteiger partial charge in [-0.15, -0.1) is 0 Å². The molecule has 3 rings (SSSR count). The Morgan fingerprint density at radius 3 is 2.24 bits per heavy atom. The molecule has 0 aliphatic rings. The number of hydrogen-bond donors (Lipinski definition) is 2. The average molecular weight is 473 g/mol. The first-order valence-electron chi connectivity index (χ1n) is 9.84. The summed E-state index contributed by atoms with van der Waals surface area (Å²) in [7, 11) is -1.22. The van der Waals surface area contributed by atoms with Crippen molar-refractivity contribution < 1.29 is 27.4 Å². The SMILES string of the molecule is COc1cc(NS(=O)(=O)c2ccc(NC(=O)[C@@H](C)Oc3ccc(C)cc3)cc2)nc(OC)n1. The molecule has 174 valence electrons. The average Bonchev–Trinajstić information content (AvgIpc) is 2.80. The number of rotatable bonds is 9. The number of amides is 1. The summed E-state index contributed by atoms with van der Waals surface area (Å²) in [6, 6.07) is 14.3. The first-order chi connectivity index (χ1) is 15.7. The van der Waals surface area contributed by atoms with E-state index in [1.807, 2.05) is 19.1 Å². The molecule has 11 heteroatoms. The van der Waals surface area contributed by atoms with Crippen LogP contribution >= 0.6 is 0 Å². The number of aromatic nitrogens is 2. The van der Waals surface area contributed by atoms with Gasteiger partial charge in [0.1, 0.15) is 5.75 Å². The van der Waals surface area contributed by atoms with Gasteiger partial charge < -0.3 is 19.5 Å². The highest BCUT2D eigenvalue weighted by Crippen LogP contribution is 2.22. The third-order valence-corrected chi connectivity index (χ3v) is 5.82. The van der Waals surface area contributed by atoms with E-state index in [-0.39, 0.29) is 28.5 Å². The molecule has 0 radical (unpaired) electrons. The van der Waals surface area contributed by atoms with Crippen LogP contribution in [0, 0.1) is 6.92 Å². The minimum absolute atomic E-state index is 0.0156. The summed E-state index contributed by atoms with van der Waals surface area (Å²) in [5, 5.41) is 2.70. The van der Waals surface area contributed by atoms with Crippen molar-refractivity contribution in [2.75, 3.05) is 24.3 Å². The molecule has 0 saturated heterocycles. The van der Waals surface area contributed by atoms with Crippen LogP contribution in [0.4, 0.5) is 11.5 Å². The Balaban J connectivity index is 1.66. The lowest BCUT2D eigenvalue weighted by molar-refractivity contribution is -0.122. The minimum Gasteiger partial charge on any atom is -0.481 e. The molecular weight excluding hydrogens is 448 g/mol. The molecule has 2 N–H and O–H groups in total. The molecule has 0 fully saturated rings. The van der Waals surface area contributed by atoms with E-state index in [4.69, 9.17) is 14.2 Å². The van der Waals surface area contributed by atoms with E-state index >= 15 is 0 Å². The predicted octanol–water partition coefficient (Wildman–Crippen LogP) is 3.01. The van der Waals surface area contributed by atoms with Crippen molar-refractivity contribution in [1.29, 1.82) is 0 Å². The highest BCUT2D eigenvalue weighted by atomic mass is 32.2. The summed E-state index contributed by atoms with van der Waals surface area (Å²) < 4.78 is 43.4. The first-order valence-corrected chi connectivity index (χ1v) is 11.3. The van der Waals surface area contributed by atoms with Gasteiger partial charge in [-0.3, -0.25) is 9.52 Å². The van der Waals surface area contributed by atoms with Crippen LogP contribution in [-0.2, 0) is 14.8 Å². The number of carbonyl (C=O) groups is 1. The molecular formula is C22H24N4O6S. The van der Waals surface area contributed by atoms with Crippen LogP contribution in [0.2, 0.25) is 0 Å². The third-order valence-electron chi connectivity index (χ3n) is 4.45. The van der Waals surface area contributed by atoms with E-state index in [9.17, 15) is 13.2 Å². The lowest BCUT2D eigenvalue weighted by atomic mass is 10.2. The molecule has 10 nitrogen and oxygen atoms in total. The second-order valence-electron chi connectivity index (χ2n) is 6.97. The highest BCUT2D eigenvalue weighted by Gasteiger charge is 2.18. The largest absolute Gasteiger partial charge is 0.481 e. The first kappa shape index (κ1) is 23.8. The molecule has 3 aromatic rings. The van der Waals surface area contributed by atoms with Gasteiger partial charge >= 0.3 is 6.01 Å². The van der Waals surface area contributed by atoms with Gasteiger partial charge in [-0.2, -0.15) is 9.97 Å². The van der Waals surface area contributed by atoms with Gasteiger partial charge in [0.2, 0.25) is 5.88 Å². The van der Waals surface area contributed by atoms with Gasteiger partial charge in [0.15, 0.2) is 11.9 Å². The van der Waals surface area contributed by atoms with E-state index in [0.717, 1.165) is 5.56 Å². The van der Waals surface area contributed by atoms with Crippen LogP contribution in [0.5, 0.6) is 17.6 Å². The van der Waals surface area contributed by atoms with Gasteiger partial charge in [-0.05, 0) is 50.2 Å². The van der Waals surface area contributed by atoms with Gasteiger partial charge in [0, 0.05) is 11.8 Å². The lowest BCUT2D eigenvalue weighted by Gasteiger charge is -2.15. The lowest BCUT2D eigenvalue weighted by Crippen LogP contribution is -2.30. The van der Waals surface area contributed by atoms with Crippen molar-refractivity contribution in [2.24, 2.45) is 0 Å². The number of nitrogens with one attached hydrogen (secondary N) is 2. The molecule has 2 aromatic carbocycles. The molecule has 1 atom stereocenters. The van der Waals surface area contributed by atoms with Crippen LogP contribution in [0.1, 0.15) is 12.5 Å². The molecule has 0 unspecified atom stereocenters. The van der Waals surface area contributed by atoms with Crippen molar-refractivity contribution in [3.63, 3.8) is 0 Å². The standard InChI is InChI=1S/C22H24N4O6S/c1-14-5-9-17(10-6-14)32-15(2)21(27)23-16-7-11-18(12-8-16)33(28,29)26-19-13-20(30-3)25-22(24-19)31-4/h5-13,15H,1-4H3,(H,23,27)(H,24,25,26)/t15-/m1/s1. The highest BCUT2D eigenvalue weighted by molar-refractivity contribution is 7.92. The number of nitrogens with zero attached hydrogens (tertiary/aromatic N) is 2. The summed E-state index contributed by atoms with van der Waals surface area (Å²) in [4.78, 5) is 20.3. The number of aryl methyl sites for hydroxylation is 1. The Labute approximate surface area is 192 Å². The number of ether oxygens (including phenoxy) is 3. The van der Waals surface area contributed by atoms with E-state index in [1.54, 1.807) is 19.1 Å². The maximum atomic E-state index is 12.7. The Kier molecular flexibility index (Phi) is 7.34. The molecule has 1 amide bonds. The van der Waals surface area contributed by atoms with Crippen LogP contribution in [-0.4, -0.2) is 44.6 Å². The quantitative estimate of drug-likeness (QED) is 0.486. The molecule has 0 saturated carbocycles. The fourth-order valence-corrected chi connectivity index (χ4v) is 3.68. The van der Waals surface area contributed by atoms with Crippen LogP contribution in [0.3, 0.4) is 0 Å². The van der Waals surface area contributed by atoms with Crippen molar-refractivity contribution >= 4 is 27.4 Å². The molecule has 1 heterocycles. The fourth-order valence-electron chi connectivity index (χ4n) is 2.68. The topological polar surface area (TPSA) is 129 Å². The van der Waals surface area contributed by atoms with Gasteiger partial charge in [0.05, 0.1) is 19.1 Å². The zero-order valence-electron chi connectivity index (χ0n) is 18.5. The molecule has 0 bridgehead atoms. The third kappa shape index (κ3) is 6.32. The Morgan fingerprint density at radius 2 is 1.64 bits per heavy atom. The monoisotopic (exact) mass is 472 g/mol. The van der Waals surface area contributed by atoms with Crippen LogP contribution in [0.15, 0.2) is 59.5 Å². The zero-order chi connectivity index (χ0) is 24.0. The van der Waals surface area contributed by atoms with E-state index in [1.165, 1.54) is 44.6 Å².